The van der Waals surface area contributed by atoms with Crippen LogP contribution in [0.5, 0.6) is 5.75 Å². The topological polar surface area (TPSA) is 83.1 Å². The number of nitrogens with one attached hydrogen (secondary N) is 2. The van der Waals surface area contributed by atoms with E-state index >= 15 is 0 Å². The van der Waals surface area contributed by atoms with Crippen LogP contribution < -0.4 is 15.6 Å². The van der Waals surface area contributed by atoms with Gasteiger partial charge >= 0.3 is 0 Å². The maximum absolute atomic E-state index is 12.1. The minimum Gasteiger partial charge on any atom is -0.497 e. The van der Waals surface area contributed by atoms with E-state index in [9.17, 15) is 4.79 Å². The average Bonchev–Trinajstić information content (AvgIpc) is 2.52. The van der Waals surface area contributed by atoms with Gasteiger partial charge in [-0.1, -0.05) is 0 Å². The molecule has 0 aliphatic rings. The van der Waals surface area contributed by atoms with E-state index in [4.69, 9.17) is 4.74 Å². The number of aromatic amines is 1. The van der Waals surface area contributed by atoms with E-state index in [0.717, 1.165) is 25.3 Å². The summed E-state index contributed by atoms with van der Waals surface area (Å²) >= 11 is 0. The highest BCUT2D eigenvalue weighted by Crippen LogP contribution is 2.17. The number of ether oxygens (including phenoxy) is 1. The van der Waals surface area contributed by atoms with Crippen LogP contribution in [-0.2, 0) is 0 Å². The molecule has 1 aromatic carbocycles. The van der Waals surface area contributed by atoms with Crippen LogP contribution >= 0.6 is 0 Å². The van der Waals surface area contributed by atoms with Gasteiger partial charge in [-0.05, 0) is 51.3 Å². The summed E-state index contributed by atoms with van der Waals surface area (Å²) in [5, 5.41) is 11.1. The third-order valence-electron chi connectivity index (χ3n) is 3.14. The van der Waals surface area contributed by atoms with Crippen molar-refractivity contribution in [1.29, 1.82) is 0 Å². The van der Waals surface area contributed by atoms with Gasteiger partial charge in [0.05, 0.1) is 7.11 Å². The molecule has 22 heavy (non-hydrogen) atoms. The van der Waals surface area contributed by atoms with Gasteiger partial charge in [-0.25, -0.2) is 0 Å². The molecular weight excluding hydrogens is 282 g/mol. The molecule has 0 aliphatic carbocycles. The molecule has 7 nitrogen and oxygen atoms in total. The number of rotatable bonds is 7. The predicted octanol–water partition coefficient (Wildman–Crippen LogP) is 1.20. The van der Waals surface area contributed by atoms with E-state index in [2.05, 4.69) is 25.4 Å². The summed E-state index contributed by atoms with van der Waals surface area (Å²) in [4.78, 5) is 16.9. The average molecular weight is 303 g/mol. The smallest absolute Gasteiger partial charge is 0.279 e. The fourth-order valence-electron chi connectivity index (χ4n) is 1.96. The van der Waals surface area contributed by atoms with Crippen molar-refractivity contribution in [3.8, 4) is 17.0 Å². The standard InChI is InChI=1S/C15H21N5O2/c1-20(2)10-4-9-16-15-17-14(21)13(18-19-15)11-5-7-12(22-3)8-6-11/h5-8H,4,9-10H2,1-3H3,(H2,16,17,19,21). The molecular formula is C15H21N5O2. The van der Waals surface area contributed by atoms with Gasteiger partial charge in [-0.3, -0.25) is 9.78 Å². The largest absolute Gasteiger partial charge is 0.497 e. The lowest BCUT2D eigenvalue weighted by atomic mass is 10.1. The molecule has 2 aromatic rings. The number of nitrogens with zero attached hydrogens (tertiary/aromatic N) is 3. The Bertz CT molecular complexity index is 652. The van der Waals surface area contributed by atoms with Crippen molar-refractivity contribution in [2.45, 2.75) is 6.42 Å². The molecule has 2 N–H and O–H groups in total. The Hall–Kier alpha value is -2.41. The molecule has 0 unspecified atom stereocenters. The van der Waals surface area contributed by atoms with E-state index < -0.39 is 0 Å². The van der Waals surface area contributed by atoms with Gasteiger partial charge in [-0.15, -0.1) is 10.2 Å². The summed E-state index contributed by atoms with van der Waals surface area (Å²) < 4.78 is 5.09. The molecule has 0 amide bonds. The molecule has 0 spiro atoms. The third-order valence-corrected chi connectivity index (χ3v) is 3.14. The molecule has 118 valence electrons. The SMILES string of the molecule is COc1ccc(-c2nnc(NCCCN(C)C)[nH]c2=O)cc1. The van der Waals surface area contributed by atoms with Crippen LogP contribution in [0, 0.1) is 0 Å². The lowest BCUT2D eigenvalue weighted by molar-refractivity contribution is 0.405. The van der Waals surface area contributed by atoms with Gasteiger partial charge in [0.1, 0.15) is 5.75 Å². The number of methoxy groups -OCH3 is 1. The van der Waals surface area contributed by atoms with Crippen molar-refractivity contribution in [2.24, 2.45) is 0 Å². The Kier molecular flexibility index (Phi) is 5.48. The Morgan fingerprint density at radius 2 is 1.95 bits per heavy atom. The molecule has 1 aromatic heterocycles. The molecule has 0 saturated heterocycles. The predicted molar refractivity (Wildman–Crippen MR) is 86.3 cm³/mol. The van der Waals surface area contributed by atoms with Crippen LogP contribution in [0.4, 0.5) is 5.95 Å². The minimum atomic E-state index is -0.268. The summed E-state index contributed by atoms with van der Waals surface area (Å²) in [5.41, 5.74) is 0.727. The molecule has 0 saturated carbocycles. The molecule has 1 heterocycles. The quantitative estimate of drug-likeness (QED) is 0.748. The Balaban J connectivity index is 2.04. The third kappa shape index (κ3) is 4.29. The normalized spacial score (nSPS) is 10.7. The van der Waals surface area contributed by atoms with Crippen molar-refractivity contribution in [3.63, 3.8) is 0 Å². The first-order valence-electron chi connectivity index (χ1n) is 7.10. The number of benzene rings is 1. The molecule has 0 aliphatic heterocycles. The van der Waals surface area contributed by atoms with Crippen LogP contribution in [0.25, 0.3) is 11.3 Å². The van der Waals surface area contributed by atoms with Crippen LogP contribution in [-0.4, -0.2) is 54.4 Å². The zero-order valence-electron chi connectivity index (χ0n) is 13.1. The zero-order chi connectivity index (χ0) is 15.9. The number of anilines is 1. The van der Waals surface area contributed by atoms with Crippen LogP contribution in [0.1, 0.15) is 6.42 Å². The first-order chi connectivity index (χ1) is 10.6. The van der Waals surface area contributed by atoms with Crippen molar-refractivity contribution in [3.05, 3.63) is 34.6 Å². The van der Waals surface area contributed by atoms with Gasteiger partial charge in [0.25, 0.3) is 5.56 Å². The van der Waals surface area contributed by atoms with E-state index in [-0.39, 0.29) is 5.56 Å². The van der Waals surface area contributed by atoms with Gasteiger partial charge in [0, 0.05) is 12.1 Å². The fourth-order valence-corrected chi connectivity index (χ4v) is 1.96. The monoisotopic (exact) mass is 303 g/mol. The second-order valence-electron chi connectivity index (χ2n) is 5.16. The molecule has 0 radical (unpaired) electrons. The maximum Gasteiger partial charge on any atom is 0.279 e. The van der Waals surface area contributed by atoms with Crippen LogP contribution in [0.3, 0.4) is 0 Å². The van der Waals surface area contributed by atoms with Crippen LogP contribution in [0.15, 0.2) is 29.1 Å². The Morgan fingerprint density at radius 3 is 2.55 bits per heavy atom. The second-order valence-corrected chi connectivity index (χ2v) is 5.16. The number of hydrogen-bond donors (Lipinski definition) is 2. The lowest BCUT2D eigenvalue weighted by Gasteiger charge is -2.09. The van der Waals surface area contributed by atoms with Crippen molar-refractivity contribution in [2.75, 3.05) is 39.6 Å². The molecule has 2 rings (SSSR count). The molecule has 0 fully saturated rings. The summed E-state index contributed by atoms with van der Waals surface area (Å²) in [5.74, 6) is 1.12. The first kappa shape index (κ1) is 16.0. The summed E-state index contributed by atoms with van der Waals surface area (Å²) in [6.07, 6.45) is 0.955. The molecule has 0 bridgehead atoms. The number of hydrogen-bond acceptors (Lipinski definition) is 6. The highest BCUT2D eigenvalue weighted by Gasteiger charge is 2.07. The van der Waals surface area contributed by atoms with Crippen molar-refractivity contribution >= 4 is 5.95 Å². The van der Waals surface area contributed by atoms with E-state index in [0.29, 0.717) is 17.2 Å². The van der Waals surface area contributed by atoms with Gasteiger partial charge < -0.3 is 15.0 Å². The second kappa shape index (κ2) is 7.56. The first-order valence-corrected chi connectivity index (χ1v) is 7.10. The summed E-state index contributed by atoms with van der Waals surface area (Å²) in [6.45, 7) is 1.69. The Morgan fingerprint density at radius 1 is 1.23 bits per heavy atom. The van der Waals surface area contributed by atoms with E-state index in [1.54, 1.807) is 31.4 Å². The van der Waals surface area contributed by atoms with Gasteiger partial charge in [0.15, 0.2) is 5.69 Å². The lowest BCUT2D eigenvalue weighted by Crippen LogP contribution is -2.20. The van der Waals surface area contributed by atoms with Crippen LogP contribution in [0.2, 0.25) is 0 Å². The van der Waals surface area contributed by atoms with Gasteiger partial charge in [0.2, 0.25) is 5.95 Å². The Labute approximate surface area is 129 Å². The highest BCUT2D eigenvalue weighted by atomic mass is 16.5. The summed E-state index contributed by atoms with van der Waals surface area (Å²) in [7, 11) is 5.63. The molecule has 7 heteroatoms. The van der Waals surface area contributed by atoms with Crippen molar-refractivity contribution < 1.29 is 4.74 Å². The number of H-pyrrole nitrogens is 1. The number of aromatic nitrogens is 3. The zero-order valence-corrected chi connectivity index (χ0v) is 13.1. The maximum atomic E-state index is 12.1. The minimum absolute atomic E-state index is 0.268. The van der Waals surface area contributed by atoms with E-state index in [1.165, 1.54) is 0 Å². The molecule has 0 atom stereocenters. The van der Waals surface area contributed by atoms with Crippen molar-refractivity contribution in [1.82, 2.24) is 20.1 Å². The summed E-state index contributed by atoms with van der Waals surface area (Å²) in [6, 6.07) is 7.12. The van der Waals surface area contributed by atoms with E-state index in [1.807, 2.05) is 14.1 Å². The highest BCUT2D eigenvalue weighted by molar-refractivity contribution is 5.58. The van der Waals surface area contributed by atoms with Gasteiger partial charge in [-0.2, -0.15) is 0 Å². The fraction of sp³-hybridized carbons (Fsp3) is 0.400.